The summed E-state index contributed by atoms with van der Waals surface area (Å²) in [4.78, 5) is 25.1. The summed E-state index contributed by atoms with van der Waals surface area (Å²) >= 11 is 0. The molecule has 1 rings (SSSR count). The van der Waals surface area contributed by atoms with E-state index in [9.17, 15) is 35.1 Å². The number of hydrogen-bond donors (Lipinski definition) is 6. The zero-order valence-electron chi connectivity index (χ0n) is 46.6. The number of hydrogen-bond acceptors (Lipinski definition) is 10. The van der Waals surface area contributed by atoms with Gasteiger partial charge in [-0.3, -0.25) is 9.59 Å². The lowest BCUT2D eigenvalue weighted by Gasteiger charge is -2.40. The number of amides is 1. The Morgan fingerprint density at radius 1 is 0.507 bits per heavy atom. The largest absolute Gasteiger partial charge is 0.466 e. The Bertz CT molecular complexity index is 1400. The number of carbonyl (C=O) groups is 2. The van der Waals surface area contributed by atoms with Gasteiger partial charge in [-0.2, -0.15) is 0 Å². The van der Waals surface area contributed by atoms with Crippen molar-refractivity contribution in [2.75, 3.05) is 19.8 Å². The molecular weight excluding hydrogens is 919 g/mol. The first-order valence-corrected chi connectivity index (χ1v) is 30.1. The van der Waals surface area contributed by atoms with Crippen molar-refractivity contribution in [2.45, 2.75) is 301 Å². The van der Waals surface area contributed by atoms with Crippen LogP contribution in [0.5, 0.6) is 0 Å². The van der Waals surface area contributed by atoms with E-state index in [1.54, 1.807) is 6.08 Å². The standard InChI is InChI=1S/C62H111NO10/c1-3-5-7-9-11-13-15-17-25-28-32-36-40-44-48-55(65)54(53-72-62-61(70)60(69)59(68)56(52-64)73-62)63-57(66)49-45-41-37-33-29-26-23-21-19-18-20-22-24-27-31-35-39-43-47-51-71-58(67)50-46-42-38-34-30-16-14-12-10-8-6-4-2/h12,14,22,24,27-28,31-32,44,48,54-56,59-62,64-65,68-70H,3-11,13,15-21,23,25-26,29-30,33-43,45-47,49-53H2,1-2H3,(H,63,66)/b14-12-,24-22-,31-27-,32-28+,48-44+. The molecule has 1 saturated heterocycles. The highest BCUT2D eigenvalue weighted by Gasteiger charge is 2.44. The number of aliphatic hydroxyl groups is 5. The van der Waals surface area contributed by atoms with Gasteiger partial charge in [-0.1, -0.05) is 203 Å². The minimum Gasteiger partial charge on any atom is -0.466 e. The summed E-state index contributed by atoms with van der Waals surface area (Å²) in [6.07, 6.45) is 55.9. The third-order valence-electron chi connectivity index (χ3n) is 13.9. The van der Waals surface area contributed by atoms with Crippen molar-refractivity contribution in [3.05, 3.63) is 60.8 Å². The van der Waals surface area contributed by atoms with Gasteiger partial charge in [-0.05, 0) is 103 Å². The normalized spacial score (nSPS) is 19.4. The van der Waals surface area contributed by atoms with Gasteiger partial charge in [0.2, 0.25) is 5.91 Å². The van der Waals surface area contributed by atoms with E-state index < -0.39 is 49.5 Å². The number of nitrogens with one attached hydrogen (secondary N) is 1. The highest BCUT2D eigenvalue weighted by Crippen LogP contribution is 2.23. The Morgan fingerprint density at radius 2 is 0.932 bits per heavy atom. The maximum Gasteiger partial charge on any atom is 0.305 e. The fourth-order valence-electron chi connectivity index (χ4n) is 9.02. The summed E-state index contributed by atoms with van der Waals surface area (Å²) in [5.74, 6) is -0.242. The maximum atomic E-state index is 13.0. The smallest absolute Gasteiger partial charge is 0.305 e. The summed E-state index contributed by atoms with van der Waals surface area (Å²) in [7, 11) is 0. The summed E-state index contributed by atoms with van der Waals surface area (Å²) in [6, 6.07) is -0.837. The molecule has 6 N–H and O–H groups in total. The molecule has 1 aliphatic heterocycles. The van der Waals surface area contributed by atoms with Crippen LogP contribution in [0.3, 0.4) is 0 Å². The zero-order chi connectivity index (χ0) is 53.1. The Hall–Kier alpha value is -2.64. The molecule has 0 spiro atoms. The lowest BCUT2D eigenvalue weighted by molar-refractivity contribution is -0.302. The lowest BCUT2D eigenvalue weighted by Crippen LogP contribution is -2.60. The van der Waals surface area contributed by atoms with Crippen LogP contribution < -0.4 is 5.32 Å². The van der Waals surface area contributed by atoms with Gasteiger partial charge in [0, 0.05) is 12.8 Å². The van der Waals surface area contributed by atoms with Crippen LogP contribution in [0.15, 0.2) is 60.8 Å². The van der Waals surface area contributed by atoms with Crippen molar-refractivity contribution in [3.63, 3.8) is 0 Å². The van der Waals surface area contributed by atoms with Crippen molar-refractivity contribution in [1.29, 1.82) is 0 Å². The second kappa shape index (κ2) is 51.5. The van der Waals surface area contributed by atoms with Gasteiger partial charge >= 0.3 is 5.97 Å². The molecule has 1 heterocycles. The molecule has 1 fully saturated rings. The van der Waals surface area contributed by atoms with E-state index in [-0.39, 0.29) is 18.5 Å². The van der Waals surface area contributed by atoms with Crippen LogP contribution in [0.1, 0.15) is 258 Å². The minimum absolute atomic E-state index is 0.0396. The predicted molar refractivity (Wildman–Crippen MR) is 301 cm³/mol. The third-order valence-corrected chi connectivity index (χ3v) is 13.9. The summed E-state index contributed by atoms with van der Waals surface area (Å²) in [5.41, 5.74) is 0. The van der Waals surface area contributed by atoms with Gasteiger partial charge in [-0.15, -0.1) is 0 Å². The molecule has 0 aromatic heterocycles. The van der Waals surface area contributed by atoms with Gasteiger partial charge < -0.3 is 45.1 Å². The van der Waals surface area contributed by atoms with E-state index >= 15 is 0 Å². The molecule has 0 saturated carbocycles. The van der Waals surface area contributed by atoms with Gasteiger partial charge in [0.25, 0.3) is 0 Å². The molecule has 0 aromatic carbocycles. The average molecular weight is 1030 g/mol. The SMILES string of the molecule is CCCCC/C=C\CCCCCCCC(=O)OCCCCC/C=C\C=C/CCCCCCCCCCCCC(=O)NC(COC1OC(CO)C(O)C(O)C1O)C(O)/C=C/CC/C=C/CCCCCCCCCC. The first-order chi connectivity index (χ1) is 35.7. The van der Waals surface area contributed by atoms with Gasteiger partial charge in [0.05, 0.1) is 32.0 Å². The number of esters is 1. The first kappa shape index (κ1) is 68.4. The Balaban J connectivity index is 2.14. The second-order valence-electron chi connectivity index (χ2n) is 20.7. The topological polar surface area (TPSA) is 175 Å². The minimum atomic E-state index is -1.58. The molecular formula is C62H111NO10. The number of carbonyl (C=O) groups excluding carboxylic acids is 2. The van der Waals surface area contributed by atoms with Crippen LogP contribution >= 0.6 is 0 Å². The number of rotatable bonds is 51. The average Bonchev–Trinajstić information content (AvgIpc) is 3.39. The number of allylic oxidation sites excluding steroid dienone is 9. The molecule has 73 heavy (non-hydrogen) atoms. The number of aliphatic hydroxyl groups excluding tert-OH is 5. The predicted octanol–water partition coefficient (Wildman–Crippen LogP) is 13.8. The molecule has 424 valence electrons. The van der Waals surface area contributed by atoms with E-state index in [0.29, 0.717) is 19.4 Å². The molecule has 0 aliphatic carbocycles. The monoisotopic (exact) mass is 1030 g/mol. The Labute approximate surface area is 446 Å². The highest BCUT2D eigenvalue weighted by atomic mass is 16.7. The summed E-state index contributed by atoms with van der Waals surface area (Å²) in [6.45, 7) is 4.24. The number of unbranched alkanes of at least 4 members (excludes halogenated alkanes) is 30. The third kappa shape index (κ3) is 41.2. The maximum absolute atomic E-state index is 13.0. The van der Waals surface area contributed by atoms with Crippen molar-refractivity contribution < 1.29 is 49.3 Å². The Morgan fingerprint density at radius 3 is 1.47 bits per heavy atom. The first-order valence-electron chi connectivity index (χ1n) is 30.1. The van der Waals surface area contributed by atoms with Crippen molar-refractivity contribution >= 4 is 11.9 Å². The van der Waals surface area contributed by atoms with E-state index in [2.05, 4.69) is 67.8 Å². The van der Waals surface area contributed by atoms with Crippen molar-refractivity contribution in [1.82, 2.24) is 5.32 Å². The van der Waals surface area contributed by atoms with Crippen LogP contribution in [0.2, 0.25) is 0 Å². The second-order valence-corrected chi connectivity index (χ2v) is 20.7. The molecule has 11 heteroatoms. The summed E-state index contributed by atoms with van der Waals surface area (Å²) < 4.78 is 16.7. The van der Waals surface area contributed by atoms with Crippen LogP contribution in [-0.4, -0.2) is 100 Å². The van der Waals surface area contributed by atoms with Gasteiger partial charge in [-0.25, -0.2) is 0 Å². The Kier molecular flexibility index (Phi) is 48.2. The highest BCUT2D eigenvalue weighted by molar-refractivity contribution is 5.76. The van der Waals surface area contributed by atoms with Gasteiger partial charge in [0.1, 0.15) is 24.4 Å². The zero-order valence-corrected chi connectivity index (χ0v) is 46.6. The van der Waals surface area contributed by atoms with Crippen LogP contribution in [0.25, 0.3) is 0 Å². The molecule has 0 aromatic rings. The van der Waals surface area contributed by atoms with Crippen LogP contribution in [0.4, 0.5) is 0 Å². The lowest BCUT2D eigenvalue weighted by atomic mass is 9.99. The molecule has 1 amide bonds. The molecule has 1 aliphatic rings. The van der Waals surface area contributed by atoms with Crippen LogP contribution in [0, 0.1) is 0 Å². The molecule has 7 unspecified atom stereocenters. The van der Waals surface area contributed by atoms with E-state index in [1.165, 1.54) is 141 Å². The molecule has 7 atom stereocenters. The van der Waals surface area contributed by atoms with Crippen LogP contribution in [-0.2, 0) is 23.8 Å². The van der Waals surface area contributed by atoms with Crippen molar-refractivity contribution in [3.8, 4) is 0 Å². The molecule has 0 radical (unpaired) electrons. The fourth-order valence-corrected chi connectivity index (χ4v) is 9.02. The van der Waals surface area contributed by atoms with Crippen molar-refractivity contribution in [2.24, 2.45) is 0 Å². The van der Waals surface area contributed by atoms with E-state index in [4.69, 9.17) is 14.2 Å². The molecule has 11 nitrogen and oxygen atoms in total. The van der Waals surface area contributed by atoms with E-state index in [0.717, 1.165) is 89.9 Å². The summed E-state index contributed by atoms with van der Waals surface area (Å²) in [5, 5.41) is 54.4. The fraction of sp³-hybridized carbons (Fsp3) is 0.806. The van der Waals surface area contributed by atoms with E-state index in [1.807, 2.05) is 6.08 Å². The quantitative estimate of drug-likeness (QED) is 0.0149. The number of ether oxygens (including phenoxy) is 3. The van der Waals surface area contributed by atoms with Gasteiger partial charge in [0.15, 0.2) is 6.29 Å². The molecule has 0 bridgehead atoms.